The lowest BCUT2D eigenvalue weighted by atomic mass is 10.0. The number of rotatable bonds is 6. The third-order valence-corrected chi connectivity index (χ3v) is 6.23. The summed E-state index contributed by atoms with van der Waals surface area (Å²) in [5.41, 5.74) is -0.888. The molecule has 1 aliphatic carbocycles. The molecule has 4 heterocycles. The molecule has 1 unspecified atom stereocenters. The van der Waals surface area contributed by atoms with Gasteiger partial charge in [-0.2, -0.15) is 18.2 Å². The molecular weight excluding hydrogens is 413 g/mol. The average Bonchev–Trinajstić information content (AvgIpc) is 3.23. The van der Waals surface area contributed by atoms with E-state index in [9.17, 15) is 13.2 Å². The van der Waals surface area contributed by atoms with Gasteiger partial charge in [-0.1, -0.05) is 5.16 Å². The van der Waals surface area contributed by atoms with Crippen LogP contribution in [0.4, 0.5) is 19.0 Å². The lowest BCUT2D eigenvalue weighted by Gasteiger charge is -2.39. The smallest absolute Gasteiger partial charge is 0.381 e. The Balaban J connectivity index is 1.21. The highest BCUT2D eigenvalue weighted by Crippen LogP contribution is 2.37. The Morgan fingerprint density at radius 2 is 1.84 bits per heavy atom. The molecule has 1 saturated carbocycles. The number of piperidine rings is 1. The number of ether oxygens (including phenoxy) is 1. The van der Waals surface area contributed by atoms with E-state index in [1.54, 1.807) is 0 Å². The summed E-state index contributed by atoms with van der Waals surface area (Å²) in [7, 11) is 0. The number of halogens is 3. The Morgan fingerprint density at radius 1 is 1.06 bits per heavy atom. The topological polar surface area (TPSA) is 80.4 Å². The van der Waals surface area contributed by atoms with Crippen LogP contribution in [0, 0.1) is 0 Å². The van der Waals surface area contributed by atoms with Crippen LogP contribution >= 0.6 is 0 Å². The Kier molecular flexibility index (Phi) is 5.55. The van der Waals surface area contributed by atoms with Crippen LogP contribution in [-0.2, 0) is 17.5 Å². The summed E-state index contributed by atoms with van der Waals surface area (Å²) >= 11 is 0. The second-order valence-electron chi connectivity index (χ2n) is 8.51. The number of aromatic nitrogens is 4. The molecule has 11 heteroatoms. The van der Waals surface area contributed by atoms with Gasteiger partial charge in [0.25, 0.3) is 0 Å². The van der Waals surface area contributed by atoms with Crippen molar-refractivity contribution in [3.05, 3.63) is 29.8 Å². The molecule has 2 saturated heterocycles. The number of nitrogens with zero attached hydrogens (tertiary/aromatic N) is 6. The molecule has 8 nitrogen and oxygen atoms in total. The van der Waals surface area contributed by atoms with Crippen LogP contribution in [0.2, 0.25) is 0 Å². The summed E-state index contributed by atoms with van der Waals surface area (Å²) in [6, 6.07) is 1.51. The zero-order chi connectivity index (χ0) is 21.4. The van der Waals surface area contributed by atoms with Crippen molar-refractivity contribution in [1.29, 1.82) is 0 Å². The minimum Gasteiger partial charge on any atom is -0.381 e. The number of alkyl halides is 3. The normalized spacial score (nSPS) is 23.4. The summed E-state index contributed by atoms with van der Waals surface area (Å²) in [4.78, 5) is 16.5. The lowest BCUT2D eigenvalue weighted by molar-refractivity contribution is -0.141. The summed E-state index contributed by atoms with van der Waals surface area (Å²) in [6.07, 6.45) is 1.13. The fraction of sp³-hybridized carbons (Fsp3) is 0.700. The largest absolute Gasteiger partial charge is 0.433 e. The molecule has 3 fully saturated rings. The van der Waals surface area contributed by atoms with Crippen molar-refractivity contribution in [1.82, 2.24) is 25.0 Å². The fourth-order valence-electron chi connectivity index (χ4n) is 4.45. The first kappa shape index (κ1) is 20.6. The summed E-state index contributed by atoms with van der Waals surface area (Å²) < 4.78 is 50.1. The fourth-order valence-corrected chi connectivity index (χ4v) is 4.45. The molecule has 0 amide bonds. The first-order chi connectivity index (χ1) is 15.0. The Bertz CT molecular complexity index is 889. The van der Waals surface area contributed by atoms with Gasteiger partial charge in [-0.15, -0.1) is 0 Å². The Hall–Kier alpha value is -2.27. The average molecular weight is 438 g/mol. The first-order valence-electron chi connectivity index (χ1n) is 10.8. The molecule has 0 aromatic carbocycles. The molecule has 0 N–H and O–H groups in total. The van der Waals surface area contributed by atoms with Crippen molar-refractivity contribution < 1.29 is 22.4 Å². The van der Waals surface area contributed by atoms with Crippen molar-refractivity contribution in [2.75, 3.05) is 31.2 Å². The molecule has 0 radical (unpaired) electrons. The van der Waals surface area contributed by atoms with Crippen molar-refractivity contribution >= 4 is 5.82 Å². The Labute approximate surface area is 177 Å². The molecule has 2 aromatic rings. The van der Waals surface area contributed by atoms with Crippen LogP contribution in [0.5, 0.6) is 0 Å². The number of hydrogen-bond donors (Lipinski definition) is 0. The molecule has 31 heavy (non-hydrogen) atoms. The minimum atomic E-state index is -4.47. The molecule has 5 rings (SSSR count). The summed E-state index contributed by atoms with van der Waals surface area (Å²) in [5, 5.41) is 4.11. The van der Waals surface area contributed by atoms with E-state index < -0.39 is 11.9 Å². The molecule has 0 spiro atoms. The maximum atomic E-state index is 13.1. The lowest BCUT2D eigenvalue weighted by Crippen LogP contribution is -2.46. The van der Waals surface area contributed by atoms with Crippen LogP contribution in [-0.4, -0.2) is 63.4 Å². The van der Waals surface area contributed by atoms with Crippen LogP contribution in [0.3, 0.4) is 0 Å². The molecule has 0 bridgehead atoms. The molecule has 168 valence electrons. The predicted octanol–water partition coefficient (Wildman–Crippen LogP) is 3.02. The maximum absolute atomic E-state index is 13.1. The second kappa shape index (κ2) is 8.34. The van der Waals surface area contributed by atoms with Crippen molar-refractivity contribution in [3.8, 4) is 0 Å². The van der Waals surface area contributed by atoms with Gasteiger partial charge in [-0.05, 0) is 32.1 Å². The zero-order valence-electron chi connectivity index (χ0n) is 17.1. The zero-order valence-corrected chi connectivity index (χ0v) is 17.1. The molecular formula is C20H25F3N6O2. The van der Waals surface area contributed by atoms with Gasteiger partial charge in [-0.3, -0.25) is 4.90 Å². The quantitative estimate of drug-likeness (QED) is 0.681. The van der Waals surface area contributed by atoms with E-state index in [-0.39, 0.29) is 18.0 Å². The number of anilines is 1. The highest BCUT2D eigenvalue weighted by Gasteiger charge is 2.39. The van der Waals surface area contributed by atoms with Gasteiger partial charge in [0.15, 0.2) is 5.82 Å². The summed E-state index contributed by atoms with van der Waals surface area (Å²) in [6.45, 7) is 3.61. The van der Waals surface area contributed by atoms with E-state index in [0.29, 0.717) is 30.7 Å². The van der Waals surface area contributed by atoms with E-state index in [1.165, 1.54) is 0 Å². The predicted molar refractivity (Wildman–Crippen MR) is 103 cm³/mol. The first-order valence-corrected chi connectivity index (χ1v) is 10.8. The van der Waals surface area contributed by atoms with E-state index >= 15 is 0 Å². The third-order valence-electron chi connectivity index (χ3n) is 6.23. The van der Waals surface area contributed by atoms with Gasteiger partial charge in [0.2, 0.25) is 5.89 Å². The van der Waals surface area contributed by atoms with Gasteiger partial charge in [-0.25, -0.2) is 9.97 Å². The highest BCUT2D eigenvalue weighted by atomic mass is 19.4. The highest BCUT2D eigenvalue weighted by molar-refractivity contribution is 5.44. The van der Waals surface area contributed by atoms with Gasteiger partial charge in [0.05, 0.1) is 19.1 Å². The third kappa shape index (κ3) is 4.67. The molecule has 2 aliphatic heterocycles. The molecule has 1 atom stereocenters. The van der Waals surface area contributed by atoms with E-state index in [4.69, 9.17) is 9.26 Å². The van der Waals surface area contributed by atoms with Crippen molar-refractivity contribution in [2.24, 2.45) is 0 Å². The monoisotopic (exact) mass is 438 g/mol. The standard InChI is InChI=1S/C20H25F3N6O2/c21-20(22,23)16-9-18(25-12-24-16)29(14-1-2-14)15-3-6-28(7-4-15)10-17-26-19(31-27-17)13-5-8-30-11-13/h9,12-15H,1-8,10-11H2. The second-order valence-corrected chi connectivity index (χ2v) is 8.51. The maximum Gasteiger partial charge on any atom is 0.433 e. The summed E-state index contributed by atoms with van der Waals surface area (Å²) in [5.74, 6) is 1.88. The van der Waals surface area contributed by atoms with E-state index in [0.717, 1.165) is 64.2 Å². The molecule has 3 aliphatic rings. The SMILES string of the molecule is FC(F)(F)c1cc(N(C2CC2)C2CCN(Cc3noc(C4CCOC4)n3)CC2)ncn1. The molecule has 2 aromatic heterocycles. The van der Waals surface area contributed by atoms with Crippen molar-refractivity contribution in [2.45, 2.75) is 62.8 Å². The van der Waals surface area contributed by atoms with E-state index in [1.807, 2.05) is 0 Å². The number of likely N-dealkylation sites (tertiary alicyclic amines) is 1. The van der Waals surface area contributed by atoms with Gasteiger partial charge < -0.3 is 14.2 Å². The Morgan fingerprint density at radius 3 is 2.52 bits per heavy atom. The van der Waals surface area contributed by atoms with E-state index in [2.05, 4.69) is 29.9 Å². The van der Waals surface area contributed by atoms with Crippen LogP contribution in [0.1, 0.15) is 55.4 Å². The van der Waals surface area contributed by atoms with Gasteiger partial charge in [0, 0.05) is 37.8 Å². The minimum absolute atomic E-state index is 0.163. The van der Waals surface area contributed by atoms with Crippen LogP contribution in [0.25, 0.3) is 0 Å². The van der Waals surface area contributed by atoms with Gasteiger partial charge in [0.1, 0.15) is 17.8 Å². The van der Waals surface area contributed by atoms with Crippen LogP contribution in [0.15, 0.2) is 16.9 Å². The van der Waals surface area contributed by atoms with Crippen LogP contribution < -0.4 is 4.90 Å². The van der Waals surface area contributed by atoms with Gasteiger partial charge >= 0.3 is 6.18 Å². The van der Waals surface area contributed by atoms with Crippen molar-refractivity contribution in [3.63, 3.8) is 0 Å². The number of hydrogen-bond acceptors (Lipinski definition) is 8.